The van der Waals surface area contributed by atoms with Crippen LogP contribution in [0.2, 0.25) is 0 Å². The lowest BCUT2D eigenvalue weighted by Gasteiger charge is -2.27. The lowest BCUT2D eigenvalue weighted by atomic mass is 10.00. The molecule has 0 radical (unpaired) electrons. The number of hydrogen-bond donors (Lipinski definition) is 1. The first-order chi connectivity index (χ1) is 15.0. The van der Waals surface area contributed by atoms with Gasteiger partial charge in [0.2, 0.25) is 0 Å². The van der Waals surface area contributed by atoms with Gasteiger partial charge >= 0.3 is 0 Å². The summed E-state index contributed by atoms with van der Waals surface area (Å²) in [6, 6.07) is 7.34. The summed E-state index contributed by atoms with van der Waals surface area (Å²) in [6.45, 7) is 9.61. The summed E-state index contributed by atoms with van der Waals surface area (Å²) in [6.07, 6.45) is 4.86. The zero-order chi connectivity index (χ0) is 21.4. The molecule has 166 valence electrons. The molecular formula is C25H33FN4O. The first-order valence-electron chi connectivity index (χ1n) is 11.7. The second-order valence-electron chi connectivity index (χ2n) is 9.83. The summed E-state index contributed by atoms with van der Waals surface area (Å²) in [5, 5.41) is 12.5. The average Bonchev–Trinajstić information content (AvgIpc) is 3.29. The molecule has 1 aliphatic carbocycles. The first-order valence-corrected chi connectivity index (χ1v) is 11.7. The van der Waals surface area contributed by atoms with Crippen LogP contribution in [0.3, 0.4) is 0 Å². The lowest BCUT2D eigenvalue weighted by Crippen LogP contribution is -2.32. The van der Waals surface area contributed by atoms with Gasteiger partial charge in [0.05, 0.1) is 5.69 Å². The Hall–Kier alpha value is -2.05. The van der Waals surface area contributed by atoms with E-state index in [2.05, 4.69) is 26.5 Å². The Morgan fingerprint density at radius 3 is 2.48 bits per heavy atom. The highest BCUT2D eigenvalue weighted by molar-refractivity contribution is 5.67. The number of nitrogens with one attached hydrogen (secondary N) is 1. The standard InChI is InChI=1S/C25H33FN4O/c1-16-3-4-21(26)12-23(16)25-17(2)9-24(28-29-25)27-22-10-19-14-30(15-20(19)11-22)13-18-5-7-31-8-6-18/h3-4,9,12,18-20,22H,5-8,10-11,13-15H2,1-2H3,(H,27,28)/t19-,20+,22?. The largest absolute Gasteiger partial charge is 0.381 e. The highest BCUT2D eigenvalue weighted by atomic mass is 19.1. The van der Waals surface area contributed by atoms with Gasteiger partial charge in [-0.15, -0.1) is 10.2 Å². The Morgan fingerprint density at radius 1 is 1.03 bits per heavy atom. The van der Waals surface area contributed by atoms with Crippen LogP contribution >= 0.6 is 0 Å². The lowest BCUT2D eigenvalue weighted by molar-refractivity contribution is 0.0545. The molecule has 1 saturated carbocycles. The van der Waals surface area contributed by atoms with Crippen molar-refractivity contribution in [1.82, 2.24) is 15.1 Å². The Balaban J connectivity index is 1.18. The van der Waals surface area contributed by atoms with Crippen LogP contribution in [0.25, 0.3) is 11.3 Å². The molecule has 5 rings (SSSR count). The van der Waals surface area contributed by atoms with Crippen LogP contribution < -0.4 is 5.32 Å². The van der Waals surface area contributed by atoms with E-state index in [9.17, 15) is 4.39 Å². The molecule has 1 aromatic carbocycles. The van der Waals surface area contributed by atoms with E-state index in [1.54, 1.807) is 12.1 Å². The number of aryl methyl sites for hydroxylation is 2. The number of aromatic nitrogens is 2. The van der Waals surface area contributed by atoms with E-state index in [0.29, 0.717) is 6.04 Å². The molecule has 1 unspecified atom stereocenters. The van der Waals surface area contributed by atoms with Crippen LogP contribution in [-0.4, -0.2) is 54.0 Å². The molecule has 0 bridgehead atoms. The normalized spacial score (nSPS) is 26.9. The van der Waals surface area contributed by atoms with Crippen molar-refractivity contribution >= 4 is 5.82 Å². The summed E-state index contributed by atoms with van der Waals surface area (Å²) >= 11 is 0. The highest BCUT2D eigenvalue weighted by Gasteiger charge is 2.41. The molecule has 5 nitrogen and oxygen atoms in total. The second-order valence-corrected chi connectivity index (χ2v) is 9.83. The monoisotopic (exact) mass is 424 g/mol. The van der Waals surface area contributed by atoms with Crippen LogP contribution in [0.15, 0.2) is 24.3 Å². The van der Waals surface area contributed by atoms with Crippen molar-refractivity contribution in [2.45, 2.75) is 45.6 Å². The Labute approximate surface area is 184 Å². The number of likely N-dealkylation sites (tertiary alicyclic amines) is 1. The van der Waals surface area contributed by atoms with Gasteiger partial charge in [0.15, 0.2) is 0 Å². The highest BCUT2D eigenvalue weighted by Crippen LogP contribution is 2.40. The third-order valence-electron chi connectivity index (χ3n) is 7.48. The fourth-order valence-electron chi connectivity index (χ4n) is 5.84. The van der Waals surface area contributed by atoms with Crippen LogP contribution in [0.4, 0.5) is 10.2 Å². The zero-order valence-electron chi connectivity index (χ0n) is 18.6. The van der Waals surface area contributed by atoms with Crippen LogP contribution in [-0.2, 0) is 4.74 Å². The SMILES string of the molecule is Cc1ccc(F)cc1-c1nnc(NC2C[C@@H]3CN(CC4CCOCC4)C[C@@H]3C2)cc1C. The maximum absolute atomic E-state index is 13.7. The van der Waals surface area contributed by atoms with E-state index in [4.69, 9.17) is 4.74 Å². The molecule has 3 aliphatic rings. The van der Waals surface area contributed by atoms with Gasteiger partial charge in [-0.05, 0) is 86.6 Å². The zero-order valence-corrected chi connectivity index (χ0v) is 18.6. The maximum Gasteiger partial charge on any atom is 0.149 e. The molecular weight excluding hydrogens is 391 g/mol. The Bertz CT molecular complexity index is 916. The van der Waals surface area contributed by atoms with Crippen molar-refractivity contribution < 1.29 is 9.13 Å². The molecule has 1 aromatic heterocycles. The van der Waals surface area contributed by atoms with E-state index in [1.165, 1.54) is 51.4 Å². The smallest absolute Gasteiger partial charge is 0.149 e. The van der Waals surface area contributed by atoms with Crippen molar-refractivity contribution in [3.05, 3.63) is 41.2 Å². The number of hydrogen-bond acceptors (Lipinski definition) is 5. The fraction of sp³-hybridized carbons (Fsp3) is 0.600. The van der Waals surface area contributed by atoms with E-state index in [0.717, 1.165) is 59.2 Å². The third-order valence-corrected chi connectivity index (χ3v) is 7.48. The van der Waals surface area contributed by atoms with Gasteiger partial charge in [-0.3, -0.25) is 0 Å². The summed E-state index contributed by atoms with van der Waals surface area (Å²) in [4.78, 5) is 2.70. The Morgan fingerprint density at radius 2 is 1.77 bits per heavy atom. The van der Waals surface area contributed by atoms with E-state index < -0.39 is 0 Å². The second kappa shape index (κ2) is 8.83. The number of benzene rings is 1. The quantitative estimate of drug-likeness (QED) is 0.769. The number of anilines is 1. The third kappa shape index (κ3) is 4.60. The van der Waals surface area contributed by atoms with Crippen molar-refractivity contribution in [3.63, 3.8) is 0 Å². The van der Waals surface area contributed by atoms with Gasteiger partial charge in [0, 0.05) is 44.5 Å². The van der Waals surface area contributed by atoms with Gasteiger partial charge in [-0.2, -0.15) is 0 Å². The van der Waals surface area contributed by atoms with E-state index in [1.807, 2.05) is 13.8 Å². The number of ether oxygens (including phenoxy) is 1. The topological polar surface area (TPSA) is 50.3 Å². The number of nitrogens with zero attached hydrogens (tertiary/aromatic N) is 3. The molecule has 1 N–H and O–H groups in total. The number of halogens is 1. The number of fused-ring (bicyclic) bond motifs is 1. The molecule has 3 atom stereocenters. The van der Waals surface area contributed by atoms with Gasteiger partial charge < -0.3 is 15.0 Å². The van der Waals surface area contributed by atoms with Crippen LogP contribution in [0.1, 0.15) is 36.8 Å². The van der Waals surface area contributed by atoms with Crippen molar-refractivity contribution in [2.24, 2.45) is 17.8 Å². The van der Waals surface area contributed by atoms with Crippen molar-refractivity contribution in [3.8, 4) is 11.3 Å². The molecule has 2 saturated heterocycles. The predicted octanol–water partition coefficient (Wildman–Crippen LogP) is 4.45. The molecule has 2 aliphatic heterocycles. The van der Waals surface area contributed by atoms with Crippen LogP contribution in [0, 0.1) is 37.4 Å². The van der Waals surface area contributed by atoms with Gasteiger partial charge in [-0.1, -0.05) is 6.07 Å². The summed E-state index contributed by atoms with van der Waals surface area (Å²) < 4.78 is 19.2. The van der Waals surface area contributed by atoms with Gasteiger partial charge in [0.1, 0.15) is 11.6 Å². The minimum atomic E-state index is -0.243. The van der Waals surface area contributed by atoms with E-state index >= 15 is 0 Å². The molecule has 31 heavy (non-hydrogen) atoms. The van der Waals surface area contributed by atoms with Gasteiger partial charge in [-0.25, -0.2) is 4.39 Å². The summed E-state index contributed by atoms with van der Waals surface area (Å²) in [5.41, 5.74) is 3.60. The minimum absolute atomic E-state index is 0.243. The van der Waals surface area contributed by atoms with Gasteiger partial charge in [0.25, 0.3) is 0 Å². The maximum atomic E-state index is 13.7. The van der Waals surface area contributed by atoms with Crippen LogP contribution in [0.5, 0.6) is 0 Å². The summed E-state index contributed by atoms with van der Waals surface area (Å²) in [5.74, 6) is 2.99. The molecule has 2 aromatic rings. The predicted molar refractivity (Wildman–Crippen MR) is 121 cm³/mol. The summed E-state index contributed by atoms with van der Waals surface area (Å²) in [7, 11) is 0. The molecule has 0 spiro atoms. The average molecular weight is 425 g/mol. The van der Waals surface area contributed by atoms with Crippen molar-refractivity contribution in [1.29, 1.82) is 0 Å². The Kier molecular flexibility index (Phi) is 5.93. The minimum Gasteiger partial charge on any atom is -0.381 e. The molecule has 3 heterocycles. The first kappa shape index (κ1) is 20.8. The molecule has 6 heteroatoms. The van der Waals surface area contributed by atoms with E-state index in [-0.39, 0.29) is 5.82 Å². The fourth-order valence-corrected chi connectivity index (χ4v) is 5.84. The molecule has 0 amide bonds. The molecule has 3 fully saturated rings. The van der Waals surface area contributed by atoms with Crippen molar-refractivity contribution in [2.75, 3.05) is 38.2 Å². The number of rotatable bonds is 5.